The fourth-order valence-electron chi connectivity index (χ4n) is 3.17. The molecule has 0 saturated carbocycles. The van der Waals surface area contributed by atoms with E-state index in [0.29, 0.717) is 17.7 Å². The van der Waals surface area contributed by atoms with E-state index in [-0.39, 0.29) is 22.6 Å². The molecule has 0 saturated heterocycles. The van der Waals surface area contributed by atoms with Crippen molar-refractivity contribution >= 4 is 17.3 Å². The van der Waals surface area contributed by atoms with Crippen molar-refractivity contribution in [2.24, 2.45) is 0 Å². The third kappa shape index (κ3) is 3.26. The Labute approximate surface area is 152 Å². The summed E-state index contributed by atoms with van der Waals surface area (Å²) in [6, 6.07) is 12.3. The lowest BCUT2D eigenvalue weighted by Crippen LogP contribution is -2.34. The number of fused-ring (bicyclic) bond motifs is 1. The number of aromatic hydroxyl groups is 1. The summed E-state index contributed by atoms with van der Waals surface area (Å²) in [4.78, 5) is 25.3. The zero-order valence-electron chi connectivity index (χ0n) is 14.5. The highest BCUT2D eigenvalue weighted by Crippen LogP contribution is 2.35. The van der Waals surface area contributed by atoms with Gasteiger partial charge in [-0.05, 0) is 30.7 Å². The van der Waals surface area contributed by atoms with Crippen molar-refractivity contribution < 1.29 is 19.8 Å². The lowest BCUT2D eigenvalue weighted by molar-refractivity contribution is -0.112. The predicted molar refractivity (Wildman–Crippen MR) is 99.1 cm³/mol. The van der Waals surface area contributed by atoms with Crippen LogP contribution in [0.5, 0.6) is 5.75 Å². The molecule has 1 aliphatic rings. The van der Waals surface area contributed by atoms with Crippen LogP contribution in [0, 0.1) is 0 Å². The topological polar surface area (TPSA) is 86.6 Å². The first-order valence-electron chi connectivity index (χ1n) is 8.68. The maximum atomic E-state index is 12.8. The number of benzene rings is 2. The summed E-state index contributed by atoms with van der Waals surface area (Å²) in [6.07, 6.45) is 1.84. The first-order valence-corrected chi connectivity index (χ1v) is 8.68. The summed E-state index contributed by atoms with van der Waals surface area (Å²) in [5.74, 6) is -1.49. The number of carbonyl (C=O) groups is 2. The molecule has 0 spiro atoms. The monoisotopic (exact) mass is 351 g/mol. The van der Waals surface area contributed by atoms with Gasteiger partial charge < -0.3 is 15.5 Å². The quantitative estimate of drug-likeness (QED) is 0.547. The van der Waals surface area contributed by atoms with Crippen LogP contribution in [0.3, 0.4) is 0 Å². The largest absolute Gasteiger partial charge is 0.508 e. The average Bonchev–Trinajstić information content (AvgIpc) is 2.65. The second kappa shape index (κ2) is 7.54. The molecule has 2 aromatic rings. The van der Waals surface area contributed by atoms with Crippen molar-refractivity contribution in [2.75, 3.05) is 6.54 Å². The fourth-order valence-corrected chi connectivity index (χ4v) is 3.17. The molecule has 0 heterocycles. The molecule has 134 valence electrons. The molecule has 2 aromatic carbocycles. The molecule has 0 bridgehead atoms. The Bertz CT molecular complexity index is 885. The van der Waals surface area contributed by atoms with Crippen molar-refractivity contribution in [1.29, 1.82) is 0 Å². The number of ketones is 2. The summed E-state index contributed by atoms with van der Waals surface area (Å²) in [5, 5.41) is 23.8. The van der Waals surface area contributed by atoms with Gasteiger partial charge in [-0.1, -0.05) is 49.7 Å². The molecule has 1 atom stereocenters. The Morgan fingerprint density at radius 1 is 0.962 bits per heavy atom. The third-order valence-electron chi connectivity index (χ3n) is 4.50. The summed E-state index contributed by atoms with van der Waals surface area (Å²) < 4.78 is 0. The van der Waals surface area contributed by atoms with Crippen molar-refractivity contribution in [2.45, 2.75) is 25.8 Å². The van der Waals surface area contributed by atoms with E-state index in [4.69, 9.17) is 0 Å². The van der Waals surface area contributed by atoms with E-state index in [1.807, 2.05) is 6.92 Å². The van der Waals surface area contributed by atoms with Crippen LogP contribution in [0.2, 0.25) is 0 Å². The van der Waals surface area contributed by atoms with E-state index in [0.717, 1.165) is 12.8 Å². The van der Waals surface area contributed by atoms with Crippen LogP contribution in [-0.4, -0.2) is 28.3 Å². The van der Waals surface area contributed by atoms with Crippen LogP contribution in [0.4, 0.5) is 0 Å². The van der Waals surface area contributed by atoms with Crippen LogP contribution < -0.4 is 5.32 Å². The Morgan fingerprint density at radius 3 is 2.38 bits per heavy atom. The van der Waals surface area contributed by atoms with Gasteiger partial charge in [-0.15, -0.1) is 0 Å². The van der Waals surface area contributed by atoms with E-state index < -0.39 is 17.6 Å². The van der Waals surface area contributed by atoms with E-state index in [1.54, 1.807) is 30.3 Å². The summed E-state index contributed by atoms with van der Waals surface area (Å²) in [7, 11) is 0. The highest BCUT2D eigenvalue weighted by atomic mass is 16.3. The number of hydrogen-bond donors (Lipinski definition) is 3. The zero-order chi connectivity index (χ0) is 18.7. The molecule has 0 aromatic heterocycles. The standard InChI is InChI=1S/C21H21NO4/c1-2-3-11-22-18(13-7-6-8-14(23)12-13)17-19(24)15-9-4-5-10-16(15)20(25)21(17)26/h4-10,12,18,22-24H,2-3,11H2,1H3. The predicted octanol–water partition coefficient (Wildman–Crippen LogP) is 3.56. The average molecular weight is 351 g/mol. The molecule has 1 unspecified atom stereocenters. The highest BCUT2D eigenvalue weighted by Gasteiger charge is 2.37. The van der Waals surface area contributed by atoms with Crippen molar-refractivity contribution in [3.63, 3.8) is 0 Å². The summed E-state index contributed by atoms with van der Waals surface area (Å²) >= 11 is 0. The number of Topliss-reactive ketones (excluding diaryl/α,β-unsaturated/α-hetero) is 2. The number of nitrogens with one attached hydrogen (secondary N) is 1. The van der Waals surface area contributed by atoms with E-state index in [2.05, 4.69) is 5.32 Å². The minimum atomic E-state index is -0.724. The molecule has 5 nitrogen and oxygen atoms in total. The highest BCUT2D eigenvalue weighted by molar-refractivity contribution is 6.52. The molecule has 0 radical (unpaired) electrons. The minimum Gasteiger partial charge on any atom is -0.508 e. The van der Waals surface area contributed by atoms with Gasteiger partial charge in [0.15, 0.2) is 0 Å². The molecule has 5 heteroatoms. The molecular weight excluding hydrogens is 330 g/mol. The number of unbranched alkanes of at least 4 members (excludes halogenated alkanes) is 1. The molecular formula is C21H21NO4. The second-order valence-electron chi connectivity index (χ2n) is 6.30. The third-order valence-corrected chi connectivity index (χ3v) is 4.50. The SMILES string of the molecule is CCCCNC(C1=C(O)c2ccccc2C(=O)C1=O)c1cccc(O)c1. The van der Waals surface area contributed by atoms with Gasteiger partial charge in [-0.3, -0.25) is 9.59 Å². The van der Waals surface area contributed by atoms with Crippen molar-refractivity contribution in [3.8, 4) is 5.75 Å². The molecule has 3 rings (SSSR count). The number of hydrogen-bond acceptors (Lipinski definition) is 5. The molecule has 0 aliphatic heterocycles. The minimum absolute atomic E-state index is 0.0235. The number of rotatable bonds is 6. The number of phenols is 1. The van der Waals surface area contributed by atoms with Gasteiger partial charge in [0.05, 0.1) is 11.6 Å². The van der Waals surface area contributed by atoms with Crippen LogP contribution in [0.1, 0.15) is 47.3 Å². The Balaban J connectivity index is 2.13. The smallest absolute Gasteiger partial charge is 0.235 e. The molecule has 26 heavy (non-hydrogen) atoms. The Hall–Kier alpha value is -2.92. The van der Waals surface area contributed by atoms with Gasteiger partial charge in [-0.25, -0.2) is 0 Å². The lowest BCUT2D eigenvalue weighted by atomic mass is 9.83. The maximum Gasteiger partial charge on any atom is 0.235 e. The van der Waals surface area contributed by atoms with Crippen LogP contribution >= 0.6 is 0 Å². The lowest BCUT2D eigenvalue weighted by Gasteiger charge is -2.26. The number of aliphatic hydroxyl groups excluding tert-OH is 1. The molecule has 0 amide bonds. The van der Waals surface area contributed by atoms with Crippen LogP contribution in [-0.2, 0) is 4.79 Å². The first-order chi connectivity index (χ1) is 12.5. The van der Waals surface area contributed by atoms with Gasteiger partial charge in [0.25, 0.3) is 0 Å². The van der Waals surface area contributed by atoms with Crippen LogP contribution in [0.25, 0.3) is 5.76 Å². The summed E-state index contributed by atoms with van der Waals surface area (Å²) in [5.41, 5.74) is 1.20. The number of carbonyl (C=O) groups excluding carboxylic acids is 2. The molecule has 1 aliphatic carbocycles. The number of aliphatic hydroxyl groups is 1. The van der Waals surface area contributed by atoms with Gasteiger partial charge >= 0.3 is 0 Å². The number of phenolic OH excluding ortho intramolecular Hbond substituents is 1. The second-order valence-corrected chi connectivity index (χ2v) is 6.30. The molecule has 3 N–H and O–H groups in total. The Kier molecular flexibility index (Phi) is 5.19. The van der Waals surface area contributed by atoms with Crippen molar-refractivity contribution in [3.05, 3.63) is 70.8 Å². The molecule has 0 fully saturated rings. The van der Waals surface area contributed by atoms with E-state index >= 15 is 0 Å². The van der Waals surface area contributed by atoms with E-state index in [9.17, 15) is 19.8 Å². The Morgan fingerprint density at radius 2 is 1.69 bits per heavy atom. The van der Waals surface area contributed by atoms with Gasteiger partial charge in [0.1, 0.15) is 11.5 Å². The zero-order valence-corrected chi connectivity index (χ0v) is 14.5. The van der Waals surface area contributed by atoms with Gasteiger partial charge in [0.2, 0.25) is 11.6 Å². The van der Waals surface area contributed by atoms with Gasteiger partial charge in [0, 0.05) is 11.1 Å². The normalized spacial score (nSPS) is 15.1. The van der Waals surface area contributed by atoms with Crippen molar-refractivity contribution in [1.82, 2.24) is 5.32 Å². The summed E-state index contributed by atoms with van der Waals surface area (Å²) in [6.45, 7) is 2.66. The van der Waals surface area contributed by atoms with E-state index in [1.165, 1.54) is 18.2 Å². The first kappa shape index (κ1) is 17.9. The van der Waals surface area contributed by atoms with Gasteiger partial charge in [-0.2, -0.15) is 0 Å². The van der Waals surface area contributed by atoms with Crippen LogP contribution in [0.15, 0.2) is 54.1 Å². The maximum absolute atomic E-state index is 12.8. The fraction of sp³-hybridized carbons (Fsp3) is 0.238.